The Morgan fingerprint density at radius 1 is 1.08 bits per heavy atom. The van der Waals surface area contributed by atoms with Gasteiger partial charge in [-0.15, -0.1) is 0 Å². The molecule has 0 aromatic heterocycles. The quantitative estimate of drug-likeness (QED) is 0.666. The van der Waals surface area contributed by atoms with E-state index in [4.69, 9.17) is 0 Å². The molecule has 5 nitrogen and oxygen atoms in total. The van der Waals surface area contributed by atoms with Crippen molar-refractivity contribution in [2.45, 2.75) is 11.8 Å². The van der Waals surface area contributed by atoms with Crippen LogP contribution in [-0.4, -0.2) is 44.2 Å². The number of nitrogens with zero attached hydrogens (tertiary/aromatic N) is 1. The van der Waals surface area contributed by atoms with Crippen LogP contribution in [0.2, 0.25) is 0 Å². The third-order valence-corrected chi connectivity index (χ3v) is 6.19. The van der Waals surface area contributed by atoms with Crippen LogP contribution in [0.3, 0.4) is 0 Å². The number of nitrogens with one attached hydrogen (secondary N) is 1. The lowest BCUT2D eigenvalue weighted by Crippen LogP contribution is -2.41. The van der Waals surface area contributed by atoms with E-state index in [0.717, 1.165) is 22.1 Å². The number of benzene rings is 2. The molecule has 26 heavy (non-hydrogen) atoms. The highest BCUT2D eigenvalue weighted by Gasteiger charge is 2.30. The fourth-order valence-corrected chi connectivity index (χ4v) is 3.88. The molecule has 2 aromatic rings. The van der Waals surface area contributed by atoms with Crippen LogP contribution in [-0.2, 0) is 20.6 Å². The molecule has 1 amide bonds. The summed E-state index contributed by atoms with van der Waals surface area (Å²) in [5.74, 6) is 1.32. The van der Waals surface area contributed by atoms with Crippen LogP contribution >= 0.6 is 11.8 Å². The Balaban J connectivity index is 1.92. The lowest BCUT2D eigenvalue weighted by atomic mass is 10.1. The molecule has 1 atom stereocenters. The zero-order valence-electron chi connectivity index (χ0n) is 15.0. The molecule has 0 spiro atoms. The van der Waals surface area contributed by atoms with E-state index < -0.39 is 16.1 Å². The van der Waals surface area contributed by atoms with Crippen molar-refractivity contribution in [2.75, 3.05) is 25.6 Å². The van der Waals surface area contributed by atoms with Crippen molar-refractivity contribution in [3.8, 4) is 0 Å². The molecule has 2 rings (SSSR count). The number of amides is 1. The summed E-state index contributed by atoms with van der Waals surface area (Å²) >= 11 is 1.72. The van der Waals surface area contributed by atoms with Crippen LogP contribution in [0.1, 0.15) is 17.2 Å². The first kappa shape index (κ1) is 20.5. The maximum atomic E-state index is 12.6. The summed E-state index contributed by atoms with van der Waals surface area (Å²) in [5, 5.41) is 2.85. The van der Waals surface area contributed by atoms with Gasteiger partial charge in [0.15, 0.2) is 0 Å². The second-order valence-electron chi connectivity index (χ2n) is 5.92. The molecule has 140 valence electrons. The van der Waals surface area contributed by atoms with Gasteiger partial charge in [0.05, 0.1) is 6.26 Å². The maximum Gasteiger partial charge on any atom is 0.243 e. The molecule has 0 unspecified atom stereocenters. The van der Waals surface area contributed by atoms with Crippen LogP contribution in [0.5, 0.6) is 0 Å². The predicted octanol–water partition coefficient (Wildman–Crippen LogP) is 2.67. The number of sulfonamides is 1. The van der Waals surface area contributed by atoms with Gasteiger partial charge in [-0.3, -0.25) is 4.79 Å². The van der Waals surface area contributed by atoms with Gasteiger partial charge in [0.2, 0.25) is 15.9 Å². The maximum absolute atomic E-state index is 12.6. The number of hydrogen-bond acceptors (Lipinski definition) is 4. The van der Waals surface area contributed by atoms with Gasteiger partial charge in [0.25, 0.3) is 0 Å². The monoisotopic (exact) mass is 392 g/mol. The summed E-state index contributed by atoms with van der Waals surface area (Å²) < 4.78 is 25.0. The third kappa shape index (κ3) is 6.16. The Morgan fingerprint density at radius 2 is 1.65 bits per heavy atom. The highest BCUT2D eigenvalue weighted by atomic mass is 32.2. The first-order chi connectivity index (χ1) is 12.4. The Labute approximate surface area is 159 Å². The van der Waals surface area contributed by atoms with E-state index in [1.54, 1.807) is 36.0 Å². The summed E-state index contributed by atoms with van der Waals surface area (Å²) in [7, 11) is -2.07. The Hall–Kier alpha value is -1.83. The summed E-state index contributed by atoms with van der Waals surface area (Å²) in [6.07, 6.45) is 1.10. The summed E-state index contributed by atoms with van der Waals surface area (Å²) in [5.41, 5.74) is 1.89. The van der Waals surface area contributed by atoms with Gasteiger partial charge in [-0.05, 0) is 11.1 Å². The lowest BCUT2D eigenvalue weighted by molar-refractivity contribution is -0.124. The van der Waals surface area contributed by atoms with E-state index in [1.165, 1.54) is 12.6 Å². The fraction of sp³-hybridized carbons (Fsp3) is 0.316. The van der Waals surface area contributed by atoms with Crippen molar-refractivity contribution < 1.29 is 13.2 Å². The van der Waals surface area contributed by atoms with E-state index in [2.05, 4.69) is 17.4 Å². The molecule has 0 aliphatic heterocycles. The van der Waals surface area contributed by atoms with Gasteiger partial charge < -0.3 is 5.32 Å². The molecule has 7 heteroatoms. The number of carbonyl (C=O) groups excluding carboxylic acids is 1. The molecule has 0 saturated heterocycles. The summed E-state index contributed by atoms with van der Waals surface area (Å²) in [6.45, 7) is 0.483. The minimum Gasteiger partial charge on any atom is -0.354 e. The smallest absolute Gasteiger partial charge is 0.243 e. The number of carbonyl (C=O) groups is 1. The average molecular weight is 393 g/mol. The van der Waals surface area contributed by atoms with Crippen LogP contribution < -0.4 is 5.32 Å². The number of likely N-dealkylation sites (N-methyl/N-ethyl adjacent to an activating group) is 1. The normalized spacial score (nSPS) is 12.7. The Kier molecular flexibility index (Phi) is 7.68. The number of hydrogen-bond donors (Lipinski definition) is 1. The third-order valence-electron chi connectivity index (χ3n) is 3.91. The number of rotatable bonds is 9. The molecule has 0 saturated carbocycles. The van der Waals surface area contributed by atoms with Gasteiger partial charge in [-0.1, -0.05) is 60.7 Å². The van der Waals surface area contributed by atoms with Crippen LogP contribution in [0.15, 0.2) is 60.7 Å². The van der Waals surface area contributed by atoms with Crippen molar-refractivity contribution in [3.05, 3.63) is 71.8 Å². The Morgan fingerprint density at radius 3 is 2.23 bits per heavy atom. The second-order valence-corrected chi connectivity index (χ2v) is 9.07. The van der Waals surface area contributed by atoms with E-state index >= 15 is 0 Å². The molecule has 0 fully saturated rings. The predicted molar refractivity (Wildman–Crippen MR) is 107 cm³/mol. The first-order valence-electron chi connectivity index (χ1n) is 8.27. The van der Waals surface area contributed by atoms with Gasteiger partial charge in [0.1, 0.15) is 6.04 Å². The zero-order valence-corrected chi connectivity index (χ0v) is 16.6. The molecule has 1 N–H and O–H groups in total. The molecule has 2 aromatic carbocycles. The van der Waals surface area contributed by atoms with Crippen molar-refractivity contribution >= 4 is 27.7 Å². The van der Waals surface area contributed by atoms with Crippen LogP contribution in [0.4, 0.5) is 0 Å². The van der Waals surface area contributed by atoms with Crippen LogP contribution in [0.25, 0.3) is 0 Å². The van der Waals surface area contributed by atoms with Gasteiger partial charge in [-0.2, -0.15) is 16.1 Å². The topological polar surface area (TPSA) is 66.5 Å². The Bertz CT molecular complexity index is 796. The van der Waals surface area contributed by atoms with Crippen molar-refractivity contribution in [2.24, 2.45) is 0 Å². The highest BCUT2D eigenvalue weighted by molar-refractivity contribution is 7.98. The molecule has 0 aliphatic rings. The first-order valence-corrected chi connectivity index (χ1v) is 11.3. The van der Waals surface area contributed by atoms with Crippen molar-refractivity contribution in [1.82, 2.24) is 9.62 Å². The fourth-order valence-electron chi connectivity index (χ4n) is 2.46. The zero-order chi connectivity index (χ0) is 19.0. The van der Waals surface area contributed by atoms with E-state index in [1.807, 2.05) is 24.3 Å². The molecule has 0 bridgehead atoms. The standard InChI is InChI=1S/C19H24N2O3S2/c1-21(26(2,23)24)18(17-11-7-4-8-12-17)19(22)20-13-14-25-15-16-9-5-3-6-10-16/h3-12,18H,13-15H2,1-2H3,(H,20,22)/t18-/m1/s1. The van der Waals surface area contributed by atoms with Gasteiger partial charge in [0, 0.05) is 25.1 Å². The van der Waals surface area contributed by atoms with Gasteiger partial charge >= 0.3 is 0 Å². The average Bonchev–Trinajstić information content (AvgIpc) is 2.62. The summed E-state index contributed by atoms with van der Waals surface area (Å²) in [4.78, 5) is 12.6. The van der Waals surface area contributed by atoms with Gasteiger partial charge in [-0.25, -0.2) is 8.42 Å². The van der Waals surface area contributed by atoms with E-state index in [9.17, 15) is 13.2 Å². The minimum absolute atomic E-state index is 0.315. The second kappa shape index (κ2) is 9.75. The molecule has 0 radical (unpaired) electrons. The highest BCUT2D eigenvalue weighted by Crippen LogP contribution is 2.22. The molecular formula is C19H24N2O3S2. The van der Waals surface area contributed by atoms with Crippen LogP contribution in [0, 0.1) is 0 Å². The number of thioether (sulfide) groups is 1. The molecular weight excluding hydrogens is 368 g/mol. The summed E-state index contributed by atoms with van der Waals surface area (Å²) in [6, 6.07) is 18.2. The molecule has 0 aliphatic carbocycles. The SMILES string of the molecule is CN([C@@H](C(=O)NCCSCc1ccccc1)c1ccccc1)S(C)(=O)=O. The van der Waals surface area contributed by atoms with E-state index in [-0.39, 0.29) is 5.91 Å². The lowest BCUT2D eigenvalue weighted by Gasteiger charge is -2.25. The van der Waals surface area contributed by atoms with Crippen molar-refractivity contribution in [3.63, 3.8) is 0 Å². The molecule has 0 heterocycles. The van der Waals surface area contributed by atoms with E-state index in [0.29, 0.717) is 12.1 Å². The minimum atomic E-state index is -3.50. The largest absolute Gasteiger partial charge is 0.354 e. The van der Waals surface area contributed by atoms with Crippen molar-refractivity contribution in [1.29, 1.82) is 0 Å².